The SMILES string of the molecule is COC(C)(C)C(=O)N1CCC(c2nc(C)c3c(n2)N(Cc2ccccc2)C(=O)CC3)C1. The van der Waals surface area contributed by atoms with Crippen molar-refractivity contribution in [3.05, 3.63) is 53.0 Å². The fourth-order valence-corrected chi connectivity index (χ4v) is 4.34. The molecule has 0 saturated carbocycles. The van der Waals surface area contributed by atoms with E-state index in [9.17, 15) is 9.59 Å². The lowest BCUT2D eigenvalue weighted by molar-refractivity contribution is -0.149. The van der Waals surface area contributed by atoms with E-state index >= 15 is 0 Å². The molecule has 1 aromatic carbocycles. The minimum Gasteiger partial charge on any atom is -0.369 e. The van der Waals surface area contributed by atoms with Crippen LogP contribution in [0, 0.1) is 6.92 Å². The smallest absolute Gasteiger partial charge is 0.254 e. The van der Waals surface area contributed by atoms with Crippen LogP contribution in [-0.2, 0) is 27.3 Å². The van der Waals surface area contributed by atoms with E-state index in [4.69, 9.17) is 14.7 Å². The number of rotatable bonds is 5. The number of likely N-dealkylation sites (tertiary alicyclic amines) is 1. The van der Waals surface area contributed by atoms with Crippen LogP contribution in [0.4, 0.5) is 5.82 Å². The second-order valence-corrected chi connectivity index (χ2v) is 8.89. The van der Waals surface area contributed by atoms with Crippen LogP contribution in [0.5, 0.6) is 0 Å². The quantitative estimate of drug-likeness (QED) is 0.740. The fraction of sp³-hybridized carbons (Fsp3) is 0.500. The van der Waals surface area contributed by atoms with Crippen molar-refractivity contribution in [2.45, 2.75) is 58.1 Å². The van der Waals surface area contributed by atoms with Gasteiger partial charge in [-0.1, -0.05) is 30.3 Å². The number of aryl methyl sites for hydroxylation is 1. The Balaban J connectivity index is 1.61. The summed E-state index contributed by atoms with van der Waals surface area (Å²) in [5.74, 6) is 1.56. The Morgan fingerprint density at radius 3 is 2.65 bits per heavy atom. The van der Waals surface area contributed by atoms with Gasteiger partial charge in [0.05, 0.1) is 6.54 Å². The normalized spacial score (nSPS) is 19.0. The van der Waals surface area contributed by atoms with E-state index in [1.54, 1.807) is 25.9 Å². The van der Waals surface area contributed by atoms with Gasteiger partial charge in [0.25, 0.3) is 5.91 Å². The molecule has 0 radical (unpaired) electrons. The summed E-state index contributed by atoms with van der Waals surface area (Å²) < 4.78 is 5.36. The highest BCUT2D eigenvalue weighted by Crippen LogP contribution is 2.33. The molecule has 0 aliphatic carbocycles. The van der Waals surface area contributed by atoms with Gasteiger partial charge < -0.3 is 9.64 Å². The van der Waals surface area contributed by atoms with Gasteiger partial charge in [-0.2, -0.15) is 0 Å². The number of fused-ring (bicyclic) bond motifs is 1. The minimum absolute atomic E-state index is 0.0203. The average Bonchev–Trinajstić information content (AvgIpc) is 3.26. The van der Waals surface area contributed by atoms with Crippen LogP contribution >= 0.6 is 0 Å². The van der Waals surface area contributed by atoms with Crippen LogP contribution < -0.4 is 4.90 Å². The van der Waals surface area contributed by atoms with E-state index < -0.39 is 5.60 Å². The molecule has 1 unspecified atom stereocenters. The van der Waals surface area contributed by atoms with Crippen LogP contribution in [0.1, 0.15) is 55.3 Å². The predicted molar refractivity (Wildman–Crippen MR) is 118 cm³/mol. The Bertz CT molecular complexity index is 990. The predicted octanol–water partition coefficient (Wildman–Crippen LogP) is 3.01. The largest absolute Gasteiger partial charge is 0.369 e. The molecule has 164 valence electrons. The van der Waals surface area contributed by atoms with Gasteiger partial charge in [0.15, 0.2) is 0 Å². The Kier molecular flexibility index (Phi) is 5.79. The molecule has 2 aliphatic heterocycles. The molecule has 2 aliphatic rings. The molecule has 1 aromatic heterocycles. The van der Waals surface area contributed by atoms with E-state index in [0.717, 1.165) is 34.9 Å². The van der Waals surface area contributed by atoms with Gasteiger partial charge in [0.2, 0.25) is 5.91 Å². The molecule has 7 heteroatoms. The Morgan fingerprint density at radius 1 is 1.19 bits per heavy atom. The highest BCUT2D eigenvalue weighted by atomic mass is 16.5. The van der Waals surface area contributed by atoms with Crippen molar-refractivity contribution in [1.82, 2.24) is 14.9 Å². The average molecular weight is 423 g/mol. The van der Waals surface area contributed by atoms with Crippen molar-refractivity contribution in [1.29, 1.82) is 0 Å². The van der Waals surface area contributed by atoms with Crippen LogP contribution in [0.25, 0.3) is 0 Å². The number of anilines is 1. The molecule has 1 atom stereocenters. The van der Waals surface area contributed by atoms with Crippen molar-refractivity contribution < 1.29 is 14.3 Å². The maximum atomic E-state index is 12.8. The van der Waals surface area contributed by atoms with Crippen LogP contribution in [-0.4, -0.2) is 52.5 Å². The first-order valence-corrected chi connectivity index (χ1v) is 10.9. The molecule has 0 N–H and O–H groups in total. The first kappa shape index (κ1) is 21.4. The summed E-state index contributed by atoms with van der Waals surface area (Å²) in [5, 5.41) is 0. The standard InChI is InChI=1S/C24H30N4O3/c1-16-19-10-11-20(29)28(14-17-8-6-5-7-9-17)22(19)26-21(25-16)18-12-13-27(15-18)23(30)24(2,3)31-4/h5-9,18H,10-15H2,1-4H3. The topological polar surface area (TPSA) is 75.6 Å². The van der Waals surface area contributed by atoms with Gasteiger partial charge in [-0.05, 0) is 39.2 Å². The van der Waals surface area contributed by atoms with Crippen molar-refractivity contribution in [2.75, 3.05) is 25.1 Å². The molecule has 1 saturated heterocycles. The molecule has 7 nitrogen and oxygen atoms in total. The third-order valence-corrected chi connectivity index (χ3v) is 6.40. The van der Waals surface area contributed by atoms with E-state index in [2.05, 4.69) is 0 Å². The third-order valence-electron chi connectivity index (χ3n) is 6.40. The van der Waals surface area contributed by atoms with Crippen molar-refractivity contribution in [3.8, 4) is 0 Å². The number of methoxy groups -OCH3 is 1. The zero-order valence-electron chi connectivity index (χ0n) is 18.7. The first-order chi connectivity index (χ1) is 14.8. The number of aromatic nitrogens is 2. The molecular formula is C24H30N4O3. The highest BCUT2D eigenvalue weighted by Gasteiger charge is 2.38. The number of nitrogens with zero attached hydrogens (tertiary/aromatic N) is 4. The Morgan fingerprint density at radius 2 is 1.94 bits per heavy atom. The van der Waals surface area contributed by atoms with Crippen molar-refractivity contribution in [3.63, 3.8) is 0 Å². The summed E-state index contributed by atoms with van der Waals surface area (Å²) in [6, 6.07) is 9.97. The number of amides is 2. The fourth-order valence-electron chi connectivity index (χ4n) is 4.34. The molecule has 3 heterocycles. The lowest BCUT2D eigenvalue weighted by atomic mass is 10.0. The number of ether oxygens (including phenoxy) is 1. The molecule has 0 spiro atoms. The summed E-state index contributed by atoms with van der Waals surface area (Å²) in [6.45, 7) is 7.29. The number of carbonyl (C=O) groups is 2. The van der Waals surface area contributed by atoms with Gasteiger partial charge in [-0.15, -0.1) is 0 Å². The third kappa shape index (κ3) is 4.19. The summed E-state index contributed by atoms with van der Waals surface area (Å²) in [7, 11) is 1.56. The van der Waals surface area contributed by atoms with E-state index in [-0.39, 0.29) is 17.7 Å². The van der Waals surface area contributed by atoms with Gasteiger partial charge in [0, 0.05) is 43.8 Å². The van der Waals surface area contributed by atoms with Gasteiger partial charge in [0.1, 0.15) is 17.2 Å². The molecule has 4 rings (SSSR count). The summed E-state index contributed by atoms with van der Waals surface area (Å²) >= 11 is 0. The maximum absolute atomic E-state index is 12.8. The lowest BCUT2D eigenvalue weighted by Crippen LogP contribution is -2.45. The second-order valence-electron chi connectivity index (χ2n) is 8.89. The number of hydrogen-bond donors (Lipinski definition) is 0. The maximum Gasteiger partial charge on any atom is 0.254 e. The highest BCUT2D eigenvalue weighted by molar-refractivity contribution is 5.95. The first-order valence-electron chi connectivity index (χ1n) is 10.9. The van der Waals surface area contributed by atoms with E-state index in [1.165, 1.54) is 0 Å². The zero-order valence-corrected chi connectivity index (χ0v) is 18.7. The monoisotopic (exact) mass is 422 g/mol. The number of hydrogen-bond acceptors (Lipinski definition) is 5. The molecule has 0 bridgehead atoms. The number of carbonyl (C=O) groups excluding carboxylic acids is 2. The van der Waals surface area contributed by atoms with Gasteiger partial charge >= 0.3 is 0 Å². The Hall–Kier alpha value is -2.80. The van der Waals surface area contributed by atoms with Crippen molar-refractivity contribution >= 4 is 17.6 Å². The van der Waals surface area contributed by atoms with E-state index in [1.807, 2.05) is 42.2 Å². The number of benzene rings is 1. The summed E-state index contributed by atoms with van der Waals surface area (Å²) in [4.78, 5) is 38.9. The lowest BCUT2D eigenvalue weighted by Gasteiger charge is -2.30. The van der Waals surface area contributed by atoms with Crippen molar-refractivity contribution in [2.24, 2.45) is 0 Å². The molecule has 2 aromatic rings. The summed E-state index contributed by atoms with van der Waals surface area (Å²) in [6.07, 6.45) is 1.94. The molecule has 31 heavy (non-hydrogen) atoms. The van der Waals surface area contributed by atoms with Crippen LogP contribution in [0.15, 0.2) is 30.3 Å². The van der Waals surface area contributed by atoms with Gasteiger partial charge in [-0.25, -0.2) is 9.97 Å². The molecule has 1 fully saturated rings. The van der Waals surface area contributed by atoms with E-state index in [0.29, 0.717) is 32.5 Å². The molecule has 2 amide bonds. The second kappa shape index (κ2) is 8.38. The Labute approximate surface area is 183 Å². The zero-order chi connectivity index (χ0) is 22.2. The van der Waals surface area contributed by atoms with Crippen LogP contribution in [0.2, 0.25) is 0 Å². The minimum atomic E-state index is -0.847. The van der Waals surface area contributed by atoms with Gasteiger partial charge in [-0.3, -0.25) is 14.5 Å². The summed E-state index contributed by atoms with van der Waals surface area (Å²) in [5.41, 5.74) is 2.19. The van der Waals surface area contributed by atoms with Crippen LogP contribution in [0.3, 0.4) is 0 Å². The molecular weight excluding hydrogens is 392 g/mol.